The average Bonchev–Trinajstić information content (AvgIpc) is 2.29. The summed E-state index contributed by atoms with van der Waals surface area (Å²) in [5.41, 5.74) is 6.02. The average molecular weight is 297 g/mol. The summed E-state index contributed by atoms with van der Waals surface area (Å²) in [6.07, 6.45) is -4.15. The van der Waals surface area contributed by atoms with E-state index in [9.17, 15) is 18.3 Å². The molecule has 1 aliphatic rings. The largest absolute Gasteiger partial charge is 0.401 e. The molecule has 7 heteroatoms. The third-order valence-corrected chi connectivity index (χ3v) is 3.88. The molecule has 0 aliphatic carbocycles. The summed E-state index contributed by atoms with van der Waals surface area (Å²) in [5, 5.41) is 9.55. The van der Waals surface area contributed by atoms with E-state index < -0.39 is 12.7 Å². The van der Waals surface area contributed by atoms with Crippen LogP contribution in [-0.4, -0.2) is 72.5 Å². The maximum absolute atomic E-state index is 12.3. The summed E-state index contributed by atoms with van der Waals surface area (Å²) in [4.78, 5) is 3.40. The lowest BCUT2D eigenvalue weighted by Gasteiger charge is -2.44. The van der Waals surface area contributed by atoms with E-state index >= 15 is 0 Å². The van der Waals surface area contributed by atoms with Crippen molar-refractivity contribution in [1.29, 1.82) is 0 Å². The molecule has 1 saturated heterocycles. The highest BCUT2D eigenvalue weighted by Crippen LogP contribution is 2.24. The summed E-state index contributed by atoms with van der Waals surface area (Å²) in [5.74, 6) is 0. The molecule has 1 rings (SSSR count). The van der Waals surface area contributed by atoms with Gasteiger partial charge in [-0.2, -0.15) is 13.2 Å². The van der Waals surface area contributed by atoms with Gasteiger partial charge in [-0.3, -0.25) is 9.80 Å². The first-order chi connectivity index (χ1) is 9.04. The molecule has 0 radical (unpaired) electrons. The Morgan fingerprint density at radius 1 is 1.10 bits per heavy atom. The standard InChI is InChI=1S/C13H26F3N3O/c1-12(2,3)11(17)10(8-20)19-6-4-18(5-7-19)9-13(14,15)16/h10-11,20H,4-9,17H2,1-3H3. The first-order valence-electron chi connectivity index (χ1n) is 6.94. The number of rotatable bonds is 4. The number of aliphatic hydroxyl groups excluding tert-OH is 1. The van der Waals surface area contributed by atoms with Crippen LogP contribution in [0.3, 0.4) is 0 Å². The molecule has 0 spiro atoms. The molecule has 3 N–H and O–H groups in total. The van der Waals surface area contributed by atoms with Crippen molar-refractivity contribution >= 4 is 0 Å². The minimum absolute atomic E-state index is 0.0717. The smallest absolute Gasteiger partial charge is 0.395 e. The van der Waals surface area contributed by atoms with Crippen molar-refractivity contribution in [2.24, 2.45) is 11.1 Å². The molecule has 0 aromatic carbocycles. The number of nitrogens with two attached hydrogens (primary N) is 1. The van der Waals surface area contributed by atoms with Gasteiger partial charge in [0.05, 0.1) is 13.2 Å². The van der Waals surface area contributed by atoms with Crippen LogP contribution >= 0.6 is 0 Å². The van der Waals surface area contributed by atoms with E-state index in [4.69, 9.17) is 5.73 Å². The number of hydrogen-bond donors (Lipinski definition) is 2. The van der Waals surface area contributed by atoms with Gasteiger partial charge >= 0.3 is 6.18 Å². The van der Waals surface area contributed by atoms with Crippen molar-refractivity contribution in [2.45, 2.75) is 39.0 Å². The van der Waals surface area contributed by atoms with Crippen LogP contribution in [0.1, 0.15) is 20.8 Å². The van der Waals surface area contributed by atoms with E-state index in [1.165, 1.54) is 4.90 Å². The number of aliphatic hydroxyl groups is 1. The van der Waals surface area contributed by atoms with Crippen LogP contribution in [0.2, 0.25) is 0 Å². The molecule has 1 fully saturated rings. The second kappa shape index (κ2) is 6.60. The topological polar surface area (TPSA) is 52.7 Å². The maximum Gasteiger partial charge on any atom is 0.401 e. The second-order valence-corrected chi connectivity index (χ2v) is 6.57. The van der Waals surface area contributed by atoms with Gasteiger partial charge in [0.1, 0.15) is 0 Å². The van der Waals surface area contributed by atoms with Crippen LogP contribution in [0.15, 0.2) is 0 Å². The lowest BCUT2D eigenvalue weighted by atomic mass is 9.82. The molecule has 0 aromatic heterocycles. The Morgan fingerprint density at radius 3 is 1.95 bits per heavy atom. The van der Waals surface area contributed by atoms with Gasteiger partial charge in [0.25, 0.3) is 0 Å². The fourth-order valence-electron chi connectivity index (χ4n) is 2.54. The molecular formula is C13H26F3N3O. The van der Waals surface area contributed by atoms with Gasteiger partial charge in [-0.15, -0.1) is 0 Å². The number of piperazine rings is 1. The molecule has 0 bridgehead atoms. The third kappa shape index (κ3) is 5.20. The number of alkyl halides is 3. The quantitative estimate of drug-likeness (QED) is 0.809. The van der Waals surface area contributed by atoms with Crippen LogP contribution in [0.25, 0.3) is 0 Å². The molecule has 4 nitrogen and oxygen atoms in total. The molecular weight excluding hydrogens is 271 g/mol. The van der Waals surface area contributed by atoms with Crippen LogP contribution in [-0.2, 0) is 0 Å². The fraction of sp³-hybridized carbons (Fsp3) is 1.00. The van der Waals surface area contributed by atoms with Crippen molar-refractivity contribution in [1.82, 2.24) is 9.80 Å². The van der Waals surface area contributed by atoms with Gasteiger partial charge in [-0.1, -0.05) is 20.8 Å². The Morgan fingerprint density at radius 2 is 1.60 bits per heavy atom. The highest BCUT2D eigenvalue weighted by Gasteiger charge is 2.36. The molecule has 120 valence electrons. The van der Waals surface area contributed by atoms with Crippen LogP contribution in [0.4, 0.5) is 13.2 Å². The van der Waals surface area contributed by atoms with Gasteiger partial charge in [0, 0.05) is 38.3 Å². The van der Waals surface area contributed by atoms with E-state index in [0.29, 0.717) is 26.2 Å². The Bertz CT molecular complexity index is 296. The normalized spacial score (nSPS) is 22.8. The monoisotopic (exact) mass is 297 g/mol. The molecule has 0 saturated carbocycles. The van der Waals surface area contributed by atoms with Crippen molar-refractivity contribution in [3.8, 4) is 0 Å². The molecule has 2 unspecified atom stereocenters. The Labute approximate surface area is 118 Å². The lowest BCUT2D eigenvalue weighted by molar-refractivity contribution is -0.150. The van der Waals surface area contributed by atoms with E-state index in [-0.39, 0.29) is 24.1 Å². The highest BCUT2D eigenvalue weighted by atomic mass is 19.4. The predicted molar refractivity (Wildman–Crippen MR) is 72.4 cm³/mol. The highest BCUT2D eigenvalue weighted by molar-refractivity contribution is 4.91. The third-order valence-electron chi connectivity index (χ3n) is 3.88. The zero-order chi connectivity index (χ0) is 15.6. The first kappa shape index (κ1) is 17.7. The van der Waals surface area contributed by atoms with Crippen LogP contribution in [0, 0.1) is 5.41 Å². The van der Waals surface area contributed by atoms with Gasteiger partial charge in [-0.25, -0.2) is 0 Å². The minimum Gasteiger partial charge on any atom is -0.395 e. The van der Waals surface area contributed by atoms with Gasteiger partial charge < -0.3 is 10.8 Å². The molecule has 1 aliphatic heterocycles. The Hall–Kier alpha value is -0.370. The van der Waals surface area contributed by atoms with Gasteiger partial charge in [0.15, 0.2) is 0 Å². The summed E-state index contributed by atoms with van der Waals surface area (Å²) in [6, 6.07) is -0.426. The van der Waals surface area contributed by atoms with Crippen LogP contribution in [0.5, 0.6) is 0 Å². The summed E-state index contributed by atoms with van der Waals surface area (Å²) >= 11 is 0. The zero-order valence-corrected chi connectivity index (χ0v) is 12.5. The second-order valence-electron chi connectivity index (χ2n) is 6.57. The summed E-state index contributed by atoms with van der Waals surface area (Å²) in [6.45, 7) is 6.78. The van der Waals surface area contributed by atoms with E-state index in [1.807, 2.05) is 25.7 Å². The van der Waals surface area contributed by atoms with E-state index in [2.05, 4.69) is 0 Å². The van der Waals surface area contributed by atoms with E-state index in [1.54, 1.807) is 0 Å². The first-order valence-corrected chi connectivity index (χ1v) is 6.94. The Balaban J connectivity index is 2.55. The molecule has 20 heavy (non-hydrogen) atoms. The number of halogens is 3. The Kier molecular flexibility index (Phi) is 5.83. The SMILES string of the molecule is CC(C)(C)C(N)C(CO)N1CCN(CC(F)(F)F)CC1. The van der Waals surface area contributed by atoms with Crippen LogP contribution < -0.4 is 5.73 Å². The molecule has 1 heterocycles. The molecule has 0 amide bonds. The van der Waals surface area contributed by atoms with E-state index in [0.717, 1.165) is 0 Å². The van der Waals surface area contributed by atoms with Crippen molar-refractivity contribution in [3.63, 3.8) is 0 Å². The number of hydrogen-bond acceptors (Lipinski definition) is 4. The minimum atomic E-state index is -4.15. The summed E-state index contributed by atoms with van der Waals surface area (Å²) < 4.78 is 37.0. The van der Waals surface area contributed by atoms with Gasteiger partial charge in [0.2, 0.25) is 0 Å². The number of nitrogens with zero attached hydrogens (tertiary/aromatic N) is 2. The molecule has 0 aromatic rings. The predicted octanol–water partition coefficient (Wildman–Crippen LogP) is 0.901. The lowest BCUT2D eigenvalue weighted by Crippen LogP contribution is -2.60. The zero-order valence-electron chi connectivity index (χ0n) is 12.5. The van der Waals surface area contributed by atoms with Crippen molar-refractivity contribution < 1.29 is 18.3 Å². The molecule has 2 atom stereocenters. The fourth-order valence-corrected chi connectivity index (χ4v) is 2.54. The summed E-state index contributed by atoms with van der Waals surface area (Å²) in [7, 11) is 0. The van der Waals surface area contributed by atoms with Gasteiger partial charge in [-0.05, 0) is 5.41 Å². The van der Waals surface area contributed by atoms with Crippen molar-refractivity contribution in [2.75, 3.05) is 39.3 Å². The maximum atomic E-state index is 12.3. The van der Waals surface area contributed by atoms with Crippen molar-refractivity contribution in [3.05, 3.63) is 0 Å².